The van der Waals surface area contributed by atoms with Gasteiger partial charge in [0.05, 0.1) is 17.5 Å². The van der Waals surface area contributed by atoms with Crippen molar-refractivity contribution in [1.29, 1.82) is 0 Å². The van der Waals surface area contributed by atoms with Crippen LogP contribution >= 0.6 is 11.3 Å². The summed E-state index contributed by atoms with van der Waals surface area (Å²) in [5, 5.41) is 11.2. The van der Waals surface area contributed by atoms with Crippen molar-refractivity contribution in [3.8, 4) is 0 Å². The van der Waals surface area contributed by atoms with Gasteiger partial charge in [-0.1, -0.05) is 19.1 Å². The summed E-state index contributed by atoms with van der Waals surface area (Å²) in [5.41, 5.74) is 1.50. The van der Waals surface area contributed by atoms with Crippen molar-refractivity contribution < 1.29 is 13.5 Å². The Bertz CT molecular complexity index is 694. The lowest BCUT2D eigenvalue weighted by atomic mass is 10.1. The van der Waals surface area contributed by atoms with Crippen LogP contribution in [0.4, 0.5) is 0 Å². The largest absolute Gasteiger partial charge is 0.392 e. The van der Waals surface area contributed by atoms with Gasteiger partial charge >= 0.3 is 0 Å². The monoisotopic (exact) mass is 325 g/mol. The molecular weight excluding hydrogens is 306 g/mol. The first-order valence-corrected chi connectivity index (χ1v) is 9.10. The van der Waals surface area contributed by atoms with E-state index < -0.39 is 10.0 Å². The van der Waals surface area contributed by atoms with Gasteiger partial charge in [-0.15, -0.1) is 11.3 Å². The average molecular weight is 325 g/mol. The lowest BCUT2D eigenvalue weighted by Gasteiger charge is -2.16. The predicted molar refractivity (Wildman–Crippen MR) is 84.8 cm³/mol. The molecule has 2 aromatic rings. The Hall–Kier alpha value is -1.21. The molecule has 114 valence electrons. The Labute approximate surface area is 129 Å². The van der Waals surface area contributed by atoms with E-state index in [1.165, 1.54) is 17.4 Å². The topological polar surface area (TPSA) is 66.4 Å². The van der Waals surface area contributed by atoms with E-state index in [2.05, 4.69) is 4.72 Å². The van der Waals surface area contributed by atoms with E-state index in [1.54, 1.807) is 12.1 Å². The first-order chi connectivity index (χ1) is 9.97. The molecule has 2 rings (SSSR count). The van der Waals surface area contributed by atoms with Crippen LogP contribution in [0.3, 0.4) is 0 Å². The fourth-order valence-corrected chi connectivity index (χ4v) is 4.36. The predicted octanol–water partition coefficient (Wildman–Crippen LogP) is 2.98. The van der Waals surface area contributed by atoms with Crippen LogP contribution in [0.1, 0.15) is 35.4 Å². The minimum atomic E-state index is -3.60. The molecule has 0 spiro atoms. The molecule has 4 nitrogen and oxygen atoms in total. The molecule has 1 atom stereocenters. The van der Waals surface area contributed by atoms with Gasteiger partial charge in [0, 0.05) is 4.88 Å². The molecule has 0 saturated carbocycles. The summed E-state index contributed by atoms with van der Waals surface area (Å²) in [4.78, 5) is 1.18. The van der Waals surface area contributed by atoms with E-state index in [1.807, 2.05) is 31.4 Å². The summed E-state index contributed by atoms with van der Waals surface area (Å²) >= 11 is 1.53. The molecule has 21 heavy (non-hydrogen) atoms. The molecule has 1 aromatic heterocycles. The third-order valence-electron chi connectivity index (χ3n) is 3.39. The van der Waals surface area contributed by atoms with Crippen LogP contribution in [-0.2, 0) is 16.6 Å². The molecule has 0 bridgehead atoms. The third-order valence-corrected chi connectivity index (χ3v) is 5.85. The Kier molecular flexibility index (Phi) is 5.16. The Balaban J connectivity index is 2.29. The van der Waals surface area contributed by atoms with Crippen molar-refractivity contribution >= 4 is 21.4 Å². The van der Waals surface area contributed by atoms with E-state index in [-0.39, 0.29) is 17.5 Å². The maximum absolute atomic E-state index is 12.5. The molecule has 1 heterocycles. The number of benzene rings is 1. The minimum Gasteiger partial charge on any atom is -0.392 e. The smallest absolute Gasteiger partial charge is 0.241 e. The van der Waals surface area contributed by atoms with Gasteiger partial charge in [-0.25, -0.2) is 13.1 Å². The molecule has 0 aliphatic heterocycles. The number of nitrogens with one attached hydrogen (secondary N) is 1. The summed E-state index contributed by atoms with van der Waals surface area (Å²) in [6, 6.07) is 8.42. The van der Waals surface area contributed by atoms with Gasteiger partial charge in [0.25, 0.3) is 0 Å². The maximum atomic E-state index is 12.5. The van der Waals surface area contributed by atoms with E-state index in [9.17, 15) is 13.5 Å². The Morgan fingerprint density at radius 3 is 2.67 bits per heavy atom. The van der Waals surface area contributed by atoms with Crippen molar-refractivity contribution in [2.24, 2.45) is 0 Å². The summed E-state index contributed by atoms with van der Waals surface area (Å²) in [6.07, 6.45) is 0.679. The summed E-state index contributed by atoms with van der Waals surface area (Å²) in [6.45, 7) is 3.62. The number of aliphatic hydroxyl groups excluding tert-OH is 1. The second-order valence-electron chi connectivity index (χ2n) is 4.84. The first kappa shape index (κ1) is 16.2. The zero-order chi connectivity index (χ0) is 15.5. The number of rotatable bonds is 6. The standard InChI is InChI=1S/C15H19NO3S2/c1-3-14(15-5-4-8-20-15)16-21(18,19)13-7-6-11(2)12(9-13)10-17/h4-9,14,16-17H,3,10H2,1-2H3. The number of hydrogen-bond acceptors (Lipinski definition) is 4. The number of hydrogen-bond donors (Lipinski definition) is 2. The van der Waals surface area contributed by atoms with Crippen LogP contribution in [0.15, 0.2) is 40.6 Å². The molecule has 0 saturated heterocycles. The molecule has 6 heteroatoms. The van der Waals surface area contributed by atoms with Crippen molar-refractivity contribution in [3.05, 3.63) is 51.7 Å². The van der Waals surface area contributed by atoms with Crippen LogP contribution in [-0.4, -0.2) is 13.5 Å². The Morgan fingerprint density at radius 1 is 1.33 bits per heavy atom. The highest BCUT2D eigenvalue weighted by Crippen LogP contribution is 2.24. The normalized spacial score (nSPS) is 13.3. The van der Waals surface area contributed by atoms with Crippen LogP contribution in [0.25, 0.3) is 0 Å². The highest BCUT2D eigenvalue weighted by molar-refractivity contribution is 7.89. The quantitative estimate of drug-likeness (QED) is 0.858. The molecular formula is C15H19NO3S2. The van der Waals surface area contributed by atoms with Crippen molar-refractivity contribution in [2.75, 3.05) is 0 Å². The van der Waals surface area contributed by atoms with Gasteiger partial charge in [-0.05, 0) is 48.1 Å². The second-order valence-corrected chi connectivity index (χ2v) is 7.54. The SMILES string of the molecule is CCC(NS(=O)(=O)c1ccc(C)c(CO)c1)c1cccs1. The van der Waals surface area contributed by atoms with Gasteiger partial charge in [0.1, 0.15) is 0 Å². The molecule has 0 fully saturated rings. The first-order valence-electron chi connectivity index (χ1n) is 6.74. The number of sulfonamides is 1. The lowest BCUT2D eigenvalue weighted by molar-refractivity contribution is 0.280. The summed E-state index contributed by atoms with van der Waals surface area (Å²) in [5.74, 6) is 0. The third kappa shape index (κ3) is 3.71. The maximum Gasteiger partial charge on any atom is 0.241 e. The van der Waals surface area contributed by atoms with Crippen LogP contribution < -0.4 is 4.72 Å². The van der Waals surface area contributed by atoms with Gasteiger partial charge in [0.2, 0.25) is 10.0 Å². The summed E-state index contributed by atoms with van der Waals surface area (Å²) in [7, 11) is -3.60. The number of thiophene rings is 1. The van der Waals surface area contributed by atoms with Crippen molar-refractivity contribution in [1.82, 2.24) is 4.72 Å². The summed E-state index contributed by atoms with van der Waals surface area (Å²) < 4.78 is 27.7. The Morgan fingerprint density at radius 2 is 2.10 bits per heavy atom. The van der Waals surface area contributed by atoms with Gasteiger partial charge < -0.3 is 5.11 Å². The van der Waals surface area contributed by atoms with E-state index in [0.717, 1.165) is 10.4 Å². The lowest BCUT2D eigenvalue weighted by Crippen LogP contribution is -2.28. The molecule has 0 amide bonds. The number of aliphatic hydroxyl groups is 1. The average Bonchev–Trinajstić information content (AvgIpc) is 2.99. The fourth-order valence-electron chi connectivity index (χ4n) is 2.07. The molecule has 1 unspecified atom stereocenters. The van der Waals surface area contributed by atoms with Gasteiger partial charge in [0.15, 0.2) is 0 Å². The zero-order valence-electron chi connectivity index (χ0n) is 12.0. The van der Waals surface area contributed by atoms with Crippen LogP contribution in [0.2, 0.25) is 0 Å². The second kappa shape index (κ2) is 6.70. The van der Waals surface area contributed by atoms with Gasteiger partial charge in [-0.3, -0.25) is 0 Å². The molecule has 0 radical (unpaired) electrons. The molecule has 0 aliphatic rings. The van der Waals surface area contributed by atoms with Gasteiger partial charge in [-0.2, -0.15) is 0 Å². The van der Waals surface area contributed by atoms with Crippen LogP contribution in [0.5, 0.6) is 0 Å². The molecule has 0 aliphatic carbocycles. The van der Waals surface area contributed by atoms with Crippen molar-refractivity contribution in [2.45, 2.75) is 37.8 Å². The van der Waals surface area contributed by atoms with E-state index in [0.29, 0.717) is 12.0 Å². The highest BCUT2D eigenvalue weighted by atomic mass is 32.2. The molecule has 1 aromatic carbocycles. The van der Waals surface area contributed by atoms with E-state index in [4.69, 9.17) is 0 Å². The molecule has 2 N–H and O–H groups in total. The zero-order valence-corrected chi connectivity index (χ0v) is 13.7. The minimum absolute atomic E-state index is 0.169. The highest BCUT2D eigenvalue weighted by Gasteiger charge is 2.21. The number of aryl methyl sites for hydroxylation is 1. The van der Waals surface area contributed by atoms with Crippen molar-refractivity contribution in [3.63, 3.8) is 0 Å². The fraction of sp³-hybridized carbons (Fsp3) is 0.333. The van der Waals surface area contributed by atoms with Crippen LogP contribution in [0, 0.1) is 6.92 Å². The van der Waals surface area contributed by atoms with E-state index >= 15 is 0 Å².